The molecule has 0 aliphatic carbocycles. The normalized spacial score (nSPS) is 11.1. The van der Waals surface area contributed by atoms with Crippen molar-refractivity contribution >= 4 is 57.7 Å². The van der Waals surface area contributed by atoms with Crippen LogP contribution in [0.15, 0.2) is 75.8 Å². The van der Waals surface area contributed by atoms with Crippen LogP contribution in [0, 0.1) is 0 Å². The van der Waals surface area contributed by atoms with Crippen molar-refractivity contribution in [1.82, 2.24) is 10.3 Å². The van der Waals surface area contributed by atoms with Crippen LogP contribution in [0.5, 0.6) is 0 Å². The molecule has 6 nitrogen and oxygen atoms in total. The summed E-state index contributed by atoms with van der Waals surface area (Å²) < 4.78 is 10.9. The molecule has 4 aromatic rings. The number of hydrogen-bond acceptors (Lipinski definition) is 5. The molecule has 8 heteroatoms. The number of amides is 1. The Morgan fingerprint density at radius 2 is 2.00 bits per heavy atom. The van der Waals surface area contributed by atoms with Gasteiger partial charge in [-0.05, 0) is 60.8 Å². The molecule has 144 valence electrons. The van der Waals surface area contributed by atoms with Crippen molar-refractivity contribution < 1.29 is 13.6 Å². The van der Waals surface area contributed by atoms with Crippen molar-refractivity contribution in [3.05, 3.63) is 77.7 Å². The second-order valence-electron chi connectivity index (χ2n) is 5.97. The second kappa shape index (κ2) is 8.30. The fourth-order valence-corrected chi connectivity index (χ4v) is 3.05. The number of halogens is 1. The lowest BCUT2D eigenvalue weighted by molar-refractivity contribution is -0.115. The fourth-order valence-electron chi connectivity index (χ4n) is 2.61. The van der Waals surface area contributed by atoms with Crippen LogP contribution in [0.2, 0.25) is 5.02 Å². The van der Waals surface area contributed by atoms with E-state index in [9.17, 15) is 4.79 Å². The Morgan fingerprint density at radius 1 is 1.14 bits per heavy atom. The maximum Gasteiger partial charge on any atom is 0.250 e. The first kappa shape index (κ1) is 18.9. The Bertz CT molecular complexity index is 1220. The maximum atomic E-state index is 11.9. The van der Waals surface area contributed by atoms with Gasteiger partial charge in [0.05, 0.1) is 16.8 Å². The van der Waals surface area contributed by atoms with Gasteiger partial charge in [-0.25, -0.2) is 4.98 Å². The summed E-state index contributed by atoms with van der Waals surface area (Å²) in [6, 6.07) is 16.1. The molecule has 2 aromatic heterocycles. The lowest BCUT2D eigenvalue weighted by atomic mass is 10.2. The Balaban J connectivity index is 1.45. The number of carbonyl (C=O) groups excluding carboxylic acids is 1. The third-order valence-corrected chi connectivity index (χ3v) is 4.46. The molecule has 0 unspecified atom stereocenters. The van der Waals surface area contributed by atoms with E-state index < -0.39 is 0 Å². The van der Waals surface area contributed by atoms with Crippen molar-refractivity contribution in [3.8, 4) is 11.5 Å². The number of nitrogens with zero attached hydrogens (tertiary/aromatic N) is 1. The first-order chi connectivity index (χ1) is 14.1. The fraction of sp³-hybridized carbons (Fsp3) is 0. The summed E-state index contributed by atoms with van der Waals surface area (Å²) >= 11 is 11.4. The molecule has 0 saturated heterocycles. The van der Waals surface area contributed by atoms with Crippen LogP contribution in [0.25, 0.3) is 28.6 Å². The van der Waals surface area contributed by atoms with Gasteiger partial charge in [0.25, 0.3) is 0 Å². The van der Waals surface area contributed by atoms with Gasteiger partial charge in [-0.15, -0.1) is 0 Å². The van der Waals surface area contributed by atoms with Crippen LogP contribution in [-0.2, 0) is 4.79 Å². The summed E-state index contributed by atoms with van der Waals surface area (Å²) in [6.45, 7) is 0. The van der Waals surface area contributed by atoms with Crippen LogP contribution in [0.1, 0.15) is 5.76 Å². The summed E-state index contributed by atoms with van der Waals surface area (Å²) in [7, 11) is 0. The number of nitrogens with one attached hydrogen (secondary N) is 2. The minimum atomic E-state index is -0.373. The Morgan fingerprint density at radius 3 is 2.79 bits per heavy atom. The number of carbonyl (C=O) groups is 1. The van der Waals surface area contributed by atoms with Gasteiger partial charge in [0.2, 0.25) is 11.8 Å². The lowest BCUT2D eigenvalue weighted by Crippen LogP contribution is -2.32. The van der Waals surface area contributed by atoms with E-state index in [1.165, 1.54) is 12.3 Å². The predicted molar refractivity (Wildman–Crippen MR) is 117 cm³/mol. The molecule has 0 aliphatic rings. The van der Waals surface area contributed by atoms with Crippen molar-refractivity contribution in [1.29, 1.82) is 0 Å². The van der Waals surface area contributed by atoms with Crippen molar-refractivity contribution in [2.24, 2.45) is 0 Å². The number of fused-ring (bicyclic) bond motifs is 1. The first-order valence-corrected chi connectivity index (χ1v) is 9.36. The molecular weight excluding hydrogens is 410 g/mol. The van der Waals surface area contributed by atoms with Crippen LogP contribution < -0.4 is 10.6 Å². The zero-order valence-corrected chi connectivity index (χ0v) is 16.5. The van der Waals surface area contributed by atoms with Gasteiger partial charge in [-0.3, -0.25) is 10.1 Å². The van der Waals surface area contributed by atoms with Gasteiger partial charge in [-0.2, -0.15) is 0 Å². The zero-order chi connectivity index (χ0) is 20.2. The third kappa shape index (κ3) is 4.53. The molecule has 2 heterocycles. The highest BCUT2D eigenvalue weighted by Gasteiger charge is 2.12. The summed E-state index contributed by atoms with van der Waals surface area (Å²) in [5, 5.41) is 6.24. The van der Waals surface area contributed by atoms with Gasteiger partial charge in [0.1, 0.15) is 11.3 Å². The van der Waals surface area contributed by atoms with Gasteiger partial charge in [0, 0.05) is 11.8 Å². The number of rotatable bonds is 4. The number of aromatic nitrogens is 1. The smallest absolute Gasteiger partial charge is 0.250 e. The van der Waals surface area contributed by atoms with E-state index in [0.29, 0.717) is 39.0 Å². The van der Waals surface area contributed by atoms with E-state index in [4.69, 9.17) is 32.7 Å². The lowest BCUT2D eigenvalue weighted by Gasteiger charge is -2.07. The van der Waals surface area contributed by atoms with Gasteiger partial charge in [-0.1, -0.05) is 23.7 Å². The number of furan rings is 1. The van der Waals surface area contributed by atoms with Crippen LogP contribution >= 0.6 is 23.8 Å². The molecule has 0 spiro atoms. The van der Waals surface area contributed by atoms with E-state index in [1.54, 1.807) is 42.5 Å². The van der Waals surface area contributed by atoms with Crippen LogP contribution in [0.4, 0.5) is 5.69 Å². The standard InChI is InChI=1S/C21H14ClN3O3S/c22-16-6-2-1-5-15(16)20-24-17-12-13(7-9-18(17)28-20)23-21(29)25-19(26)10-8-14-4-3-11-27-14/h1-12H,(H2,23,25,26,29). The summed E-state index contributed by atoms with van der Waals surface area (Å²) in [5.74, 6) is 0.633. The highest BCUT2D eigenvalue weighted by atomic mass is 35.5. The number of oxazole rings is 1. The highest BCUT2D eigenvalue weighted by molar-refractivity contribution is 7.80. The van der Waals surface area contributed by atoms with E-state index in [0.717, 1.165) is 0 Å². The topological polar surface area (TPSA) is 80.3 Å². The van der Waals surface area contributed by atoms with Crippen LogP contribution in [-0.4, -0.2) is 16.0 Å². The van der Waals surface area contributed by atoms with E-state index >= 15 is 0 Å². The van der Waals surface area contributed by atoms with Gasteiger partial charge >= 0.3 is 0 Å². The van der Waals surface area contributed by atoms with Crippen molar-refractivity contribution in [3.63, 3.8) is 0 Å². The summed E-state index contributed by atoms with van der Waals surface area (Å²) in [6.07, 6.45) is 4.42. The number of anilines is 1. The average molecular weight is 424 g/mol. The predicted octanol–water partition coefficient (Wildman–Crippen LogP) is 5.27. The third-order valence-electron chi connectivity index (χ3n) is 3.93. The molecule has 2 N–H and O–H groups in total. The zero-order valence-electron chi connectivity index (χ0n) is 14.9. The monoisotopic (exact) mass is 423 g/mol. The molecule has 0 saturated carbocycles. The minimum Gasteiger partial charge on any atom is -0.465 e. The Kier molecular flexibility index (Phi) is 5.41. The number of thiocarbonyl (C=S) groups is 1. The molecule has 1 amide bonds. The first-order valence-electron chi connectivity index (χ1n) is 8.57. The maximum absolute atomic E-state index is 11.9. The van der Waals surface area contributed by atoms with E-state index in [-0.39, 0.29) is 11.0 Å². The van der Waals surface area contributed by atoms with Gasteiger partial charge in [0.15, 0.2) is 10.7 Å². The minimum absolute atomic E-state index is 0.160. The van der Waals surface area contributed by atoms with Gasteiger partial charge < -0.3 is 14.2 Å². The summed E-state index contributed by atoms with van der Waals surface area (Å²) in [5.41, 5.74) is 2.63. The quantitative estimate of drug-likeness (QED) is 0.344. The summed E-state index contributed by atoms with van der Waals surface area (Å²) in [4.78, 5) is 16.4. The van der Waals surface area contributed by atoms with E-state index in [2.05, 4.69) is 15.6 Å². The molecule has 29 heavy (non-hydrogen) atoms. The Labute approximate surface area is 176 Å². The molecule has 2 aromatic carbocycles. The van der Waals surface area contributed by atoms with E-state index in [1.807, 2.05) is 18.2 Å². The van der Waals surface area contributed by atoms with Crippen molar-refractivity contribution in [2.75, 3.05) is 5.32 Å². The highest BCUT2D eigenvalue weighted by Crippen LogP contribution is 2.30. The molecule has 4 rings (SSSR count). The van der Waals surface area contributed by atoms with Crippen molar-refractivity contribution in [2.45, 2.75) is 0 Å². The Hall–Kier alpha value is -3.42. The SMILES string of the molecule is O=C(C=Cc1ccco1)NC(=S)Nc1ccc2oc(-c3ccccc3Cl)nc2c1. The molecule has 0 bridgehead atoms. The van der Waals surface area contributed by atoms with Crippen LogP contribution in [0.3, 0.4) is 0 Å². The second-order valence-corrected chi connectivity index (χ2v) is 6.79. The molecule has 0 fully saturated rings. The number of benzene rings is 2. The molecule has 0 radical (unpaired) electrons. The largest absolute Gasteiger partial charge is 0.465 e. The molecular formula is C21H14ClN3O3S. The molecule has 0 atom stereocenters. The average Bonchev–Trinajstić information content (AvgIpc) is 3.36. The molecule has 0 aliphatic heterocycles. The number of hydrogen-bond donors (Lipinski definition) is 2.